The number of aromatic nitrogens is 7. The van der Waals surface area contributed by atoms with Crippen LogP contribution in [0, 0.1) is 45.3 Å². The van der Waals surface area contributed by atoms with Gasteiger partial charge in [0, 0.05) is 110 Å². The lowest BCUT2D eigenvalue weighted by molar-refractivity contribution is -0.144. The summed E-state index contributed by atoms with van der Waals surface area (Å²) in [5.74, 6) is 17.7. The third kappa shape index (κ3) is 16.0. The predicted molar refractivity (Wildman–Crippen MR) is 392 cm³/mol. The molecule has 7 heterocycles. The molecule has 6 aromatic carbocycles. The van der Waals surface area contributed by atoms with E-state index in [2.05, 4.69) is 70.2 Å². The number of likely N-dealkylation sites (tertiary alicyclic amines) is 3. The Hall–Kier alpha value is -12.3. The van der Waals surface area contributed by atoms with Crippen LogP contribution in [0.25, 0.3) is 16.8 Å². The van der Waals surface area contributed by atoms with Gasteiger partial charge in [-0.2, -0.15) is 0 Å². The van der Waals surface area contributed by atoms with Crippen molar-refractivity contribution < 1.29 is 28.6 Å². The van der Waals surface area contributed by atoms with E-state index in [1.54, 1.807) is 25.5 Å². The molecule has 2 aliphatic carbocycles. The maximum absolute atomic E-state index is 12.2. The molecule has 3 saturated heterocycles. The summed E-state index contributed by atoms with van der Waals surface area (Å²) < 4.78 is 19.7. The normalized spacial score (nSPS) is 15.9. The largest absolute Gasteiger partial charge is 0.457 e. The van der Waals surface area contributed by atoms with Crippen molar-refractivity contribution >= 4 is 46.3 Å². The number of amides is 3. The second-order valence-electron chi connectivity index (χ2n) is 26.5. The van der Waals surface area contributed by atoms with Gasteiger partial charge in [-0.15, -0.1) is 0 Å². The molecule has 21 heteroatoms. The van der Waals surface area contributed by atoms with Crippen LogP contribution in [-0.4, -0.2) is 155 Å². The maximum atomic E-state index is 12.2. The number of rotatable bonds is 18. The quantitative estimate of drug-likeness (QED) is 0.0354. The first-order valence-electron chi connectivity index (χ1n) is 33.9. The molecule has 5 fully saturated rings. The Morgan fingerprint density at radius 3 is 1.50 bits per heavy atom. The van der Waals surface area contributed by atoms with Crippen LogP contribution < -0.4 is 24.8 Å². The van der Waals surface area contributed by atoms with Gasteiger partial charge in [0.05, 0.1) is 46.5 Å². The SMILES string of the molecule is C=CC(=O)N1CC[C@@H](c2nc(-c3ccc(Oc4ccccc4)cc3)c3cnccn23)C1.CC#CC(=O)N1CC2(CC(Nc3ncncc3C(=N)c3ccc(Oc4ccccc4)cc3)C2)C1.CN(C)CC#CC(=O)N1CC2(CC(Nc3ncncc3C(=N)c3ccc(Oc4ccccc4)cc3)C2)C1. The molecule has 3 aliphatic heterocycles. The van der Waals surface area contributed by atoms with E-state index in [1.807, 2.05) is 210 Å². The topological polar surface area (TPSA) is 245 Å². The first kappa shape index (κ1) is 68.2. The first-order chi connectivity index (χ1) is 49.7. The number of fused-ring (bicyclic) bond motifs is 1. The van der Waals surface area contributed by atoms with Gasteiger partial charge in [-0.1, -0.05) is 73.0 Å². The molecule has 15 rings (SSSR count). The number of hydrogen-bond donors (Lipinski definition) is 4. The van der Waals surface area contributed by atoms with E-state index >= 15 is 0 Å². The zero-order chi connectivity index (χ0) is 70.6. The fraction of sp³-hybridized carbons (Fsp3) is 0.247. The second-order valence-corrected chi connectivity index (χ2v) is 26.5. The minimum absolute atomic E-state index is 0.0285. The van der Waals surface area contributed by atoms with Crippen molar-refractivity contribution in [2.24, 2.45) is 10.8 Å². The number of imidazole rings is 1. The van der Waals surface area contributed by atoms with Crippen molar-refractivity contribution in [2.45, 2.75) is 57.0 Å². The van der Waals surface area contributed by atoms with Gasteiger partial charge >= 0.3 is 0 Å². The molecule has 10 aromatic rings. The van der Waals surface area contributed by atoms with Crippen LogP contribution in [0.5, 0.6) is 34.5 Å². The molecule has 2 saturated carbocycles. The molecule has 512 valence electrons. The van der Waals surface area contributed by atoms with Crippen molar-refractivity contribution in [3.05, 3.63) is 248 Å². The molecule has 3 amide bonds. The number of hydrogen-bond acceptors (Lipinski definition) is 17. The van der Waals surface area contributed by atoms with E-state index in [-0.39, 0.29) is 46.6 Å². The number of nitrogens with zero attached hydrogens (tertiary/aromatic N) is 11. The number of carbonyl (C=O) groups is 3. The average Bonchev–Trinajstić information content (AvgIpc) is 1.09. The van der Waals surface area contributed by atoms with Crippen LogP contribution in [-0.2, 0) is 14.4 Å². The third-order valence-electron chi connectivity index (χ3n) is 18.7. The van der Waals surface area contributed by atoms with Crippen LogP contribution in [0.4, 0.5) is 11.6 Å². The smallest absolute Gasteiger partial charge is 0.298 e. The molecule has 0 bridgehead atoms. The molecule has 4 N–H and O–H groups in total. The van der Waals surface area contributed by atoms with Crippen molar-refractivity contribution in [3.8, 4) is 69.4 Å². The monoisotopic (exact) mass is 1360 g/mol. The Morgan fingerprint density at radius 2 is 1.05 bits per heavy atom. The van der Waals surface area contributed by atoms with E-state index in [9.17, 15) is 14.4 Å². The molecule has 2 spiro atoms. The number of benzene rings is 6. The summed E-state index contributed by atoms with van der Waals surface area (Å²) in [6.45, 7) is 10.3. The molecule has 4 aromatic heterocycles. The highest BCUT2D eigenvalue weighted by Gasteiger charge is 2.55. The van der Waals surface area contributed by atoms with Crippen molar-refractivity contribution in [1.29, 1.82) is 10.8 Å². The van der Waals surface area contributed by atoms with Crippen LogP contribution in [0.2, 0.25) is 0 Å². The molecule has 1 atom stereocenters. The average molecular weight is 1360 g/mol. The summed E-state index contributed by atoms with van der Waals surface area (Å²) in [4.78, 5) is 70.0. The van der Waals surface area contributed by atoms with Gasteiger partial charge in [0.25, 0.3) is 11.8 Å². The lowest BCUT2D eigenvalue weighted by atomic mass is 9.60. The Bertz CT molecular complexity index is 4790. The zero-order valence-corrected chi connectivity index (χ0v) is 57.0. The minimum atomic E-state index is -0.0874. The summed E-state index contributed by atoms with van der Waals surface area (Å²) in [6, 6.07) is 52.3. The van der Waals surface area contributed by atoms with Gasteiger partial charge in [0.2, 0.25) is 5.91 Å². The fourth-order valence-corrected chi connectivity index (χ4v) is 13.7. The maximum Gasteiger partial charge on any atom is 0.298 e. The highest BCUT2D eigenvalue weighted by Crippen LogP contribution is 2.51. The molecule has 0 radical (unpaired) electrons. The van der Waals surface area contributed by atoms with E-state index < -0.39 is 0 Å². The van der Waals surface area contributed by atoms with Crippen LogP contribution >= 0.6 is 0 Å². The number of nitrogens with one attached hydrogen (secondary N) is 4. The van der Waals surface area contributed by atoms with Gasteiger partial charge in [0.15, 0.2) is 0 Å². The predicted octanol–water partition coefficient (Wildman–Crippen LogP) is 12.5. The van der Waals surface area contributed by atoms with E-state index in [1.165, 1.54) is 18.7 Å². The van der Waals surface area contributed by atoms with Crippen LogP contribution in [0.1, 0.15) is 73.0 Å². The second kappa shape index (κ2) is 30.8. The Labute approximate surface area is 592 Å². The van der Waals surface area contributed by atoms with Crippen LogP contribution in [0.15, 0.2) is 220 Å². The lowest BCUT2D eigenvalue weighted by Crippen LogP contribution is -2.66. The first-order valence-corrected chi connectivity index (χ1v) is 33.9. The Morgan fingerprint density at radius 1 is 0.598 bits per heavy atom. The summed E-state index contributed by atoms with van der Waals surface area (Å²) >= 11 is 0. The molecule has 102 heavy (non-hydrogen) atoms. The van der Waals surface area contributed by atoms with Crippen molar-refractivity contribution in [3.63, 3.8) is 0 Å². The number of para-hydroxylation sites is 3. The number of carbonyl (C=O) groups excluding carboxylic acids is 3. The number of ether oxygens (including phenoxy) is 3. The van der Waals surface area contributed by atoms with Gasteiger partial charge in [-0.3, -0.25) is 39.5 Å². The van der Waals surface area contributed by atoms with E-state index in [0.717, 1.165) is 122 Å². The van der Waals surface area contributed by atoms with E-state index in [0.29, 0.717) is 58.8 Å². The standard InChI is InChI=1S/C29H30N6O2.C27H25N5O2.C25H22N4O2/c1-34(2)14-6-9-26(36)35-18-29(19-35)15-22(16-29)33-28-25(17-31-20-32-28)27(30)21-10-12-24(13-11-21)37-23-7-4-3-5-8-23;1-2-6-24(33)32-16-27(17-32)13-20(14-27)31-26-23(15-29-18-30-26)25(28)19-9-11-22(12-10-19)34-21-7-4-3-5-8-21;1-2-23(30)28-14-12-19(17-28)25-27-24(22-16-26-13-15-29(22)25)18-8-10-21(11-9-18)31-20-6-4-3-5-7-20/h3-5,7-8,10-13,17,20,22,30H,14-16,18-19H2,1-2H3,(H,31,32,33);3-5,7-12,15,18,20,28H,13-14,16-17H2,1H3,(H,29,30,31);2-11,13,15-16,19H,1,12,14,17H2/t;;19-/m..1/s1. The molecular formula is C81H77N15O6. The fourth-order valence-electron chi connectivity index (χ4n) is 13.7. The summed E-state index contributed by atoms with van der Waals surface area (Å²) in [7, 11) is 3.86. The Balaban J connectivity index is 0.000000137. The molecular weight excluding hydrogens is 1280 g/mol. The van der Waals surface area contributed by atoms with E-state index in [4.69, 9.17) is 30.0 Å². The van der Waals surface area contributed by atoms with Gasteiger partial charge in [-0.25, -0.2) is 24.9 Å². The van der Waals surface area contributed by atoms with Gasteiger partial charge in [0.1, 0.15) is 64.6 Å². The third-order valence-corrected chi connectivity index (χ3v) is 18.7. The number of anilines is 2. The lowest BCUT2D eigenvalue weighted by Gasteiger charge is -2.58. The molecule has 0 unspecified atom stereocenters. The van der Waals surface area contributed by atoms with Crippen LogP contribution in [0.3, 0.4) is 0 Å². The molecule has 5 aliphatic rings. The summed E-state index contributed by atoms with van der Waals surface area (Å²) in [5, 5.41) is 24.5. The highest BCUT2D eigenvalue weighted by molar-refractivity contribution is 6.14. The molecule has 21 nitrogen and oxygen atoms in total. The minimum Gasteiger partial charge on any atom is -0.457 e. The van der Waals surface area contributed by atoms with Gasteiger partial charge < -0.3 is 39.5 Å². The summed E-state index contributed by atoms with van der Waals surface area (Å²) in [6.07, 6.45) is 18.0. The highest BCUT2D eigenvalue weighted by atomic mass is 16.5. The van der Waals surface area contributed by atoms with Crippen molar-refractivity contribution in [2.75, 3.05) is 70.5 Å². The van der Waals surface area contributed by atoms with Gasteiger partial charge in [-0.05, 0) is 180 Å². The van der Waals surface area contributed by atoms with Crippen molar-refractivity contribution in [1.82, 2.24) is 53.9 Å². The zero-order valence-electron chi connectivity index (χ0n) is 57.0. The Kier molecular flexibility index (Phi) is 20.6. The summed E-state index contributed by atoms with van der Waals surface area (Å²) in [5.41, 5.74) is 6.71.